The van der Waals surface area contributed by atoms with Crippen molar-refractivity contribution < 1.29 is 9.18 Å². The Balaban J connectivity index is 1.73. The summed E-state index contributed by atoms with van der Waals surface area (Å²) < 4.78 is 14.0. The normalized spacial score (nSPS) is 22.2. The summed E-state index contributed by atoms with van der Waals surface area (Å²) in [5.41, 5.74) is 1.41. The van der Waals surface area contributed by atoms with Gasteiger partial charge in [-0.25, -0.2) is 9.37 Å². The van der Waals surface area contributed by atoms with Crippen LogP contribution in [0.15, 0.2) is 29.1 Å². The molecule has 6 heteroatoms. The van der Waals surface area contributed by atoms with Crippen LogP contribution in [0.25, 0.3) is 0 Å². The highest BCUT2D eigenvalue weighted by atomic mass is 19.1. The van der Waals surface area contributed by atoms with E-state index in [9.17, 15) is 14.0 Å². The number of carbonyl (C=O) groups excluding carboxylic acids is 1. The van der Waals surface area contributed by atoms with E-state index in [1.165, 1.54) is 12.1 Å². The molecule has 5 nitrogen and oxygen atoms in total. The van der Waals surface area contributed by atoms with Crippen molar-refractivity contribution in [1.82, 2.24) is 14.9 Å². The molecule has 1 aromatic heterocycles. The molecule has 0 unspecified atom stereocenters. The van der Waals surface area contributed by atoms with Gasteiger partial charge in [-0.15, -0.1) is 0 Å². The molecule has 24 heavy (non-hydrogen) atoms. The van der Waals surface area contributed by atoms with E-state index in [4.69, 9.17) is 0 Å². The quantitative estimate of drug-likeness (QED) is 0.871. The highest BCUT2D eigenvalue weighted by Crippen LogP contribution is 2.34. The first-order valence-electron chi connectivity index (χ1n) is 8.20. The van der Waals surface area contributed by atoms with Gasteiger partial charge < -0.3 is 9.88 Å². The first-order chi connectivity index (χ1) is 11.5. The Kier molecular flexibility index (Phi) is 3.48. The van der Waals surface area contributed by atoms with E-state index in [1.807, 2.05) is 0 Å². The topological polar surface area (TPSA) is 66.1 Å². The lowest BCUT2D eigenvalue weighted by molar-refractivity contribution is 0.0668. The summed E-state index contributed by atoms with van der Waals surface area (Å²) >= 11 is 0. The van der Waals surface area contributed by atoms with Gasteiger partial charge in [-0.05, 0) is 31.9 Å². The average Bonchev–Trinajstić information content (AvgIpc) is 2.83. The van der Waals surface area contributed by atoms with Crippen LogP contribution in [0.5, 0.6) is 0 Å². The van der Waals surface area contributed by atoms with Gasteiger partial charge in [0.1, 0.15) is 11.6 Å². The average molecular weight is 327 g/mol. The molecule has 2 atom stereocenters. The van der Waals surface area contributed by atoms with Crippen molar-refractivity contribution in [3.63, 3.8) is 0 Å². The number of hydrogen-bond donors (Lipinski definition) is 1. The van der Waals surface area contributed by atoms with Crippen molar-refractivity contribution in [2.24, 2.45) is 0 Å². The number of aromatic nitrogens is 2. The maximum Gasteiger partial charge on any atom is 0.257 e. The summed E-state index contributed by atoms with van der Waals surface area (Å²) in [5, 5.41) is 0. The second kappa shape index (κ2) is 5.54. The molecule has 1 fully saturated rings. The first kappa shape index (κ1) is 15.1. The predicted molar refractivity (Wildman–Crippen MR) is 86.4 cm³/mol. The minimum absolute atomic E-state index is 0.0305. The number of fused-ring (bicyclic) bond motifs is 3. The number of amides is 1. The van der Waals surface area contributed by atoms with Gasteiger partial charge in [0.15, 0.2) is 0 Å². The Bertz CT molecular complexity index is 877. The van der Waals surface area contributed by atoms with Crippen LogP contribution in [-0.4, -0.2) is 32.9 Å². The molecule has 1 saturated heterocycles. The zero-order valence-corrected chi connectivity index (χ0v) is 13.4. The smallest absolute Gasteiger partial charge is 0.257 e. The van der Waals surface area contributed by atoms with Gasteiger partial charge >= 0.3 is 0 Å². The Morgan fingerprint density at radius 2 is 1.96 bits per heavy atom. The molecule has 0 aliphatic carbocycles. The largest absolute Gasteiger partial charge is 0.332 e. The second-order valence-electron chi connectivity index (χ2n) is 6.56. The number of halogens is 1. The summed E-state index contributed by atoms with van der Waals surface area (Å²) in [6.07, 6.45) is 2.72. The van der Waals surface area contributed by atoms with Gasteiger partial charge in [-0.3, -0.25) is 9.59 Å². The molecule has 0 saturated carbocycles. The Labute approximate surface area is 138 Å². The highest BCUT2D eigenvalue weighted by molar-refractivity contribution is 5.95. The van der Waals surface area contributed by atoms with Gasteiger partial charge in [-0.1, -0.05) is 12.1 Å². The van der Waals surface area contributed by atoms with Crippen LogP contribution in [0.4, 0.5) is 4.39 Å². The number of rotatable bonds is 1. The van der Waals surface area contributed by atoms with Gasteiger partial charge in [0, 0.05) is 30.5 Å². The minimum atomic E-state index is -0.504. The lowest BCUT2D eigenvalue weighted by atomic mass is 9.98. The highest BCUT2D eigenvalue weighted by Gasteiger charge is 2.41. The number of carbonyl (C=O) groups is 1. The van der Waals surface area contributed by atoms with Crippen molar-refractivity contribution in [2.75, 3.05) is 0 Å². The van der Waals surface area contributed by atoms with E-state index >= 15 is 0 Å². The standard InChI is InChI=1S/C18H18FN3O2/c1-10-20-16-9-12-7-6-11(8-14(16)17(23)21-10)22(12)18(24)13-4-2-3-5-15(13)19/h2-5,11-12H,6-9H2,1H3,(H,20,21,23)/t11-,12-/m1/s1. The van der Waals surface area contributed by atoms with Crippen molar-refractivity contribution in [1.29, 1.82) is 0 Å². The molecule has 2 aromatic rings. The maximum atomic E-state index is 14.0. The molecule has 2 aliphatic heterocycles. The number of H-pyrrole nitrogens is 1. The molecule has 124 valence electrons. The van der Waals surface area contributed by atoms with Crippen molar-refractivity contribution in [3.8, 4) is 0 Å². The van der Waals surface area contributed by atoms with E-state index in [1.54, 1.807) is 24.0 Å². The molecule has 1 N–H and O–H groups in total. The SMILES string of the molecule is Cc1nc2c(c(=O)[nH]1)C[C@H]1CC[C@H](C2)N1C(=O)c1ccccc1F. The van der Waals surface area contributed by atoms with E-state index in [-0.39, 0.29) is 29.1 Å². The number of nitrogens with one attached hydrogen (secondary N) is 1. The Morgan fingerprint density at radius 3 is 2.71 bits per heavy atom. The van der Waals surface area contributed by atoms with Gasteiger partial charge in [-0.2, -0.15) is 0 Å². The van der Waals surface area contributed by atoms with Crippen molar-refractivity contribution in [3.05, 3.63) is 63.1 Å². The third kappa shape index (κ3) is 2.33. The summed E-state index contributed by atoms with van der Waals surface area (Å²) in [4.78, 5) is 34.2. The Morgan fingerprint density at radius 1 is 1.25 bits per heavy atom. The summed E-state index contributed by atoms with van der Waals surface area (Å²) in [6, 6.07) is 5.96. The van der Waals surface area contributed by atoms with Gasteiger partial charge in [0.25, 0.3) is 11.5 Å². The number of aromatic amines is 1. The van der Waals surface area contributed by atoms with E-state index in [0.29, 0.717) is 24.2 Å². The number of benzene rings is 1. The van der Waals surface area contributed by atoms with Crippen LogP contribution in [0.2, 0.25) is 0 Å². The predicted octanol–water partition coefficient (Wildman–Crippen LogP) is 1.99. The fourth-order valence-corrected chi connectivity index (χ4v) is 3.97. The fourth-order valence-electron chi connectivity index (χ4n) is 3.97. The second-order valence-corrected chi connectivity index (χ2v) is 6.56. The Hall–Kier alpha value is -2.50. The van der Waals surface area contributed by atoms with Crippen molar-refractivity contribution >= 4 is 5.91 Å². The summed E-state index contributed by atoms with van der Waals surface area (Å²) in [6.45, 7) is 1.76. The molecule has 0 radical (unpaired) electrons. The van der Waals surface area contributed by atoms with Crippen LogP contribution in [0, 0.1) is 12.7 Å². The van der Waals surface area contributed by atoms with Crippen LogP contribution >= 0.6 is 0 Å². The molecule has 3 heterocycles. The summed E-state index contributed by atoms with van der Waals surface area (Å²) in [7, 11) is 0. The van der Waals surface area contributed by atoms with E-state index < -0.39 is 5.82 Å². The minimum Gasteiger partial charge on any atom is -0.332 e. The van der Waals surface area contributed by atoms with Crippen LogP contribution < -0.4 is 5.56 Å². The maximum absolute atomic E-state index is 14.0. The van der Waals surface area contributed by atoms with Crippen LogP contribution in [0.1, 0.15) is 40.3 Å². The number of aryl methyl sites for hydroxylation is 1. The van der Waals surface area contributed by atoms with Gasteiger partial charge in [0.2, 0.25) is 0 Å². The molecule has 0 spiro atoms. The molecular weight excluding hydrogens is 309 g/mol. The third-order valence-corrected chi connectivity index (χ3v) is 5.05. The van der Waals surface area contributed by atoms with Gasteiger partial charge in [0.05, 0.1) is 11.3 Å². The first-order valence-corrected chi connectivity index (χ1v) is 8.20. The lowest BCUT2D eigenvalue weighted by Gasteiger charge is -2.28. The zero-order valence-electron chi connectivity index (χ0n) is 13.4. The number of nitrogens with zero attached hydrogens (tertiary/aromatic N) is 2. The van der Waals surface area contributed by atoms with E-state index in [2.05, 4.69) is 9.97 Å². The molecular formula is C18H18FN3O2. The monoisotopic (exact) mass is 327 g/mol. The zero-order chi connectivity index (χ0) is 16.8. The van der Waals surface area contributed by atoms with Crippen molar-refractivity contribution in [2.45, 2.75) is 44.7 Å². The molecule has 1 aromatic carbocycles. The lowest BCUT2D eigenvalue weighted by Crippen LogP contribution is -2.42. The summed E-state index contributed by atoms with van der Waals surface area (Å²) in [5.74, 6) is -0.208. The van der Waals surface area contributed by atoms with E-state index in [0.717, 1.165) is 18.5 Å². The molecule has 1 amide bonds. The van der Waals surface area contributed by atoms with Crippen LogP contribution in [-0.2, 0) is 12.8 Å². The molecule has 2 aliphatic rings. The third-order valence-electron chi connectivity index (χ3n) is 5.05. The number of hydrogen-bond acceptors (Lipinski definition) is 3. The fraction of sp³-hybridized carbons (Fsp3) is 0.389. The van der Waals surface area contributed by atoms with Crippen LogP contribution in [0.3, 0.4) is 0 Å². The molecule has 4 rings (SSSR count). The molecule has 2 bridgehead atoms.